The van der Waals surface area contributed by atoms with E-state index in [2.05, 4.69) is 5.32 Å². The Morgan fingerprint density at radius 2 is 1.96 bits per heavy atom. The number of amides is 1. The van der Waals surface area contributed by atoms with Crippen LogP contribution in [-0.4, -0.2) is 35.2 Å². The molecule has 0 heterocycles. The minimum Gasteiger partial charge on any atom is -0.480 e. The van der Waals surface area contributed by atoms with E-state index >= 15 is 0 Å². The Balaban J connectivity index is 2.08. The molecule has 0 aliphatic heterocycles. The second kappa shape index (κ2) is 6.51. The van der Waals surface area contributed by atoms with Gasteiger partial charge >= 0.3 is 11.9 Å². The molecular weight excluding hydrogens is 314 g/mol. The molecule has 0 bridgehead atoms. The summed E-state index contributed by atoms with van der Waals surface area (Å²) in [7, 11) is 0. The van der Waals surface area contributed by atoms with Gasteiger partial charge in [-0.2, -0.15) is 0 Å². The first-order valence-corrected chi connectivity index (χ1v) is 7.72. The monoisotopic (exact) mass is 335 g/mol. The number of rotatable bonds is 7. The number of carbonyl (C=O) groups is 3. The highest BCUT2D eigenvalue weighted by molar-refractivity contribution is 6.10. The normalized spacial score (nSPS) is 15.3. The standard InChI is InChI=1S/C17H21NO6/c1-4-23-15(22)16(2,3)24-12-7-5-6-11(10-12)18-13(19)17(8-9-17)14(20)21/h5-7,10H,4,8-9H2,1-3H3,(H,18,19)(H,20,21). The Bertz CT molecular complexity index is 663. The average molecular weight is 335 g/mol. The van der Waals surface area contributed by atoms with Gasteiger partial charge in [0.25, 0.3) is 0 Å². The van der Waals surface area contributed by atoms with Gasteiger partial charge in [-0.15, -0.1) is 0 Å². The first-order valence-electron chi connectivity index (χ1n) is 7.72. The van der Waals surface area contributed by atoms with E-state index in [9.17, 15) is 14.4 Å². The highest BCUT2D eigenvalue weighted by Gasteiger charge is 2.57. The fourth-order valence-electron chi connectivity index (χ4n) is 2.19. The topological polar surface area (TPSA) is 102 Å². The number of esters is 1. The maximum absolute atomic E-state index is 12.1. The van der Waals surface area contributed by atoms with E-state index in [-0.39, 0.29) is 6.61 Å². The van der Waals surface area contributed by atoms with E-state index in [4.69, 9.17) is 14.6 Å². The molecule has 130 valence electrons. The lowest BCUT2D eigenvalue weighted by Crippen LogP contribution is -2.39. The number of nitrogens with one attached hydrogen (secondary N) is 1. The van der Waals surface area contributed by atoms with Crippen molar-refractivity contribution < 1.29 is 29.0 Å². The summed E-state index contributed by atoms with van der Waals surface area (Å²) in [6, 6.07) is 6.45. The minimum absolute atomic E-state index is 0.249. The van der Waals surface area contributed by atoms with Crippen molar-refractivity contribution in [3.05, 3.63) is 24.3 Å². The Kier molecular flexibility index (Phi) is 4.82. The molecular formula is C17H21NO6. The molecule has 7 heteroatoms. The Morgan fingerprint density at radius 3 is 2.50 bits per heavy atom. The zero-order chi connectivity index (χ0) is 18.0. The van der Waals surface area contributed by atoms with Gasteiger partial charge in [0, 0.05) is 11.8 Å². The van der Waals surface area contributed by atoms with Crippen LogP contribution in [0.5, 0.6) is 5.75 Å². The molecule has 0 unspecified atom stereocenters. The third kappa shape index (κ3) is 3.67. The van der Waals surface area contributed by atoms with Crippen molar-refractivity contribution in [3.8, 4) is 5.75 Å². The van der Waals surface area contributed by atoms with Gasteiger partial charge < -0.3 is 19.9 Å². The number of benzene rings is 1. The first kappa shape index (κ1) is 17.8. The van der Waals surface area contributed by atoms with Crippen LogP contribution in [0.4, 0.5) is 5.69 Å². The smallest absolute Gasteiger partial charge is 0.349 e. The van der Waals surface area contributed by atoms with Crippen molar-refractivity contribution in [2.75, 3.05) is 11.9 Å². The van der Waals surface area contributed by atoms with Crippen LogP contribution >= 0.6 is 0 Å². The van der Waals surface area contributed by atoms with Gasteiger partial charge in [0.1, 0.15) is 11.2 Å². The summed E-state index contributed by atoms with van der Waals surface area (Å²) in [5, 5.41) is 11.7. The molecule has 0 aromatic heterocycles. The quantitative estimate of drug-likeness (QED) is 0.585. The zero-order valence-electron chi connectivity index (χ0n) is 13.9. The molecule has 0 atom stereocenters. The summed E-state index contributed by atoms with van der Waals surface area (Å²) in [5.41, 5.74) is -2.09. The lowest BCUT2D eigenvalue weighted by molar-refractivity contribution is -0.158. The summed E-state index contributed by atoms with van der Waals surface area (Å²) >= 11 is 0. The van der Waals surface area contributed by atoms with Crippen molar-refractivity contribution >= 4 is 23.5 Å². The molecule has 0 saturated heterocycles. The summed E-state index contributed by atoms with van der Waals surface area (Å²) in [6.07, 6.45) is 0.667. The largest absolute Gasteiger partial charge is 0.480 e. The molecule has 7 nitrogen and oxygen atoms in total. The van der Waals surface area contributed by atoms with Crippen molar-refractivity contribution in [1.29, 1.82) is 0 Å². The molecule has 1 aromatic carbocycles. The van der Waals surface area contributed by atoms with Crippen molar-refractivity contribution in [1.82, 2.24) is 0 Å². The SMILES string of the molecule is CCOC(=O)C(C)(C)Oc1cccc(NC(=O)C2(C(=O)O)CC2)c1. The van der Waals surface area contributed by atoms with Gasteiger partial charge in [-0.25, -0.2) is 4.79 Å². The van der Waals surface area contributed by atoms with Crippen LogP contribution in [-0.2, 0) is 19.1 Å². The lowest BCUT2D eigenvalue weighted by Gasteiger charge is -2.24. The first-order chi connectivity index (χ1) is 11.2. The summed E-state index contributed by atoms with van der Waals surface area (Å²) in [5.74, 6) is -1.79. The Morgan fingerprint density at radius 1 is 1.29 bits per heavy atom. The maximum atomic E-state index is 12.1. The van der Waals surface area contributed by atoms with Gasteiger partial charge in [0.2, 0.25) is 5.91 Å². The number of carbonyl (C=O) groups excluding carboxylic acids is 2. The third-order valence-corrected chi connectivity index (χ3v) is 3.83. The van der Waals surface area contributed by atoms with Crippen LogP contribution in [0.1, 0.15) is 33.6 Å². The summed E-state index contributed by atoms with van der Waals surface area (Å²) in [4.78, 5) is 35.2. The predicted molar refractivity (Wildman–Crippen MR) is 85.7 cm³/mol. The Hall–Kier alpha value is -2.57. The van der Waals surface area contributed by atoms with Crippen molar-refractivity contribution in [2.24, 2.45) is 5.41 Å². The van der Waals surface area contributed by atoms with E-state index in [0.29, 0.717) is 24.3 Å². The zero-order valence-corrected chi connectivity index (χ0v) is 13.9. The number of aliphatic carboxylic acids is 1. The molecule has 0 spiro atoms. The van der Waals surface area contributed by atoms with Crippen molar-refractivity contribution in [2.45, 2.75) is 39.2 Å². The molecule has 1 aromatic rings. The molecule has 2 N–H and O–H groups in total. The third-order valence-electron chi connectivity index (χ3n) is 3.83. The molecule has 1 aliphatic carbocycles. The fraction of sp³-hybridized carbons (Fsp3) is 0.471. The second-order valence-corrected chi connectivity index (χ2v) is 6.20. The van der Waals surface area contributed by atoms with Crippen LogP contribution in [0.3, 0.4) is 0 Å². The minimum atomic E-state index is -1.32. The van der Waals surface area contributed by atoms with Gasteiger partial charge in [-0.1, -0.05) is 6.07 Å². The summed E-state index contributed by atoms with van der Waals surface area (Å²) < 4.78 is 10.6. The maximum Gasteiger partial charge on any atom is 0.349 e. The van der Waals surface area contributed by atoms with Crippen molar-refractivity contribution in [3.63, 3.8) is 0 Å². The van der Waals surface area contributed by atoms with Crippen LogP contribution in [0.2, 0.25) is 0 Å². The number of carboxylic acid groups (broad SMARTS) is 1. The van der Waals surface area contributed by atoms with Crippen LogP contribution in [0, 0.1) is 5.41 Å². The van der Waals surface area contributed by atoms with E-state index in [0.717, 1.165) is 0 Å². The van der Waals surface area contributed by atoms with E-state index in [1.54, 1.807) is 39.0 Å². The van der Waals surface area contributed by atoms with E-state index < -0.39 is 28.9 Å². The molecule has 1 amide bonds. The van der Waals surface area contributed by atoms with Crippen LogP contribution < -0.4 is 10.1 Å². The number of hydrogen-bond donors (Lipinski definition) is 2. The lowest BCUT2D eigenvalue weighted by atomic mass is 10.1. The molecule has 24 heavy (non-hydrogen) atoms. The fourth-order valence-corrected chi connectivity index (χ4v) is 2.19. The highest BCUT2D eigenvalue weighted by Crippen LogP contribution is 2.46. The summed E-state index contributed by atoms with van der Waals surface area (Å²) in [6.45, 7) is 5.12. The van der Waals surface area contributed by atoms with Gasteiger partial charge in [0.05, 0.1) is 6.61 Å². The van der Waals surface area contributed by atoms with E-state index in [1.807, 2.05) is 0 Å². The van der Waals surface area contributed by atoms with Gasteiger partial charge in [0.15, 0.2) is 5.60 Å². The van der Waals surface area contributed by atoms with Gasteiger partial charge in [-0.3, -0.25) is 9.59 Å². The molecule has 1 saturated carbocycles. The molecule has 1 aliphatic rings. The van der Waals surface area contributed by atoms with Gasteiger partial charge in [-0.05, 0) is 45.7 Å². The number of anilines is 1. The predicted octanol–water partition coefficient (Wildman–Crippen LogP) is 2.21. The molecule has 2 rings (SSSR count). The number of hydrogen-bond acceptors (Lipinski definition) is 5. The van der Waals surface area contributed by atoms with Crippen LogP contribution in [0.15, 0.2) is 24.3 Å². The molecule has 1 fully saturated rings. The van der Waals surface area contributed by atoms with E-state index in [1.165, 1.54) is 6.07 Å². The average Bonchev–Trinajstić information content (AvgIpc) is 3.29. The molecule has 0 radical (unpaired) electrons. The van der Waals surface area contributed by atoms with Crippen LogP contribution in [0.25, 0.3) is 0 Å². The number of ether oxygens (including phenoxy) is 2. The number of carboxylic acids is 1. The highest BCUT2D eigenvalue weighted by atomic mass is 16.6. The second-order valence-electron chi connectivity index (χ2n) is 6.20. The Labute approximate surface area is 139 Å².